The molecule has 82 valence electrons. The van der Waals surface area contributed by atoms with Crippen LogP contribution < -0.4 is 5.56 Å². The van der Waals surface area contributed by atoms with E-state index in [1.807, 2.05) is 0 Å². The van der Waals surface area contributed by atoms with E-state index in [1.165, 1.54) is 0 Å². The molecule has 1 aliphatic rings. The van der Waals surface area contributed by atoms with Gasteiger partial charge in [-0.05, 0) is 35.4 Å². The second kappa shape index (κ2) is 3.69. The molecule has 1 fully saturated rings. The molecule has 0 amide bonds. The molecule has 5 nitrogen and oxygen atoms in total. The van der Waals surface area contributed by atoms with Crippen molar-refractivity contribution in [3.8, 4) is 11.6 Å². The molecule has 2 aromatic heterocycles. The molecule has 16 heavy (non-hydrogen) atoms. The van der Waals surface area contributed by atoms with E-state index in [9.17, 15) is 4.79 Å². The number of rotatable bonds is 2. The van der Waals surface area contributed by atoms with Gasteiger partial charge in [-0.1, -0.05) is 0 Å². The summed E-state index contributed by atoms with van der Waals surface area (Å²) in [5, 5.41) is 0. The Morgan fingerprint density at radius 1 is 1.38 bits per heavy atom. The highest BCUT2D eigenvalue weighted by atomic mass is 127. The van der Waals surface area contributed by atoms with Gasteiger partial charge in [0.05, 0.1) is 5.69 Å². The Hall–Kier alpha value is -1.18. The summed E-state index contributed by atoms with van der Waals surface area (Å²) in [4.78, 5) is 26.0. The fourth-order valence-corrected chi connectivity index (χ4v) is 2.31. The van der Waals surface area contributed by atoms with Crippen LogP contribution in [0.2, 0.25) is 0 Å². The molecule has 6 heteroatoms. The van der Waals surface area contributed by atoms with E-state index in [4.69, 9.17) is 0 Å². The van der Waals surface area contributed by atoms with Gasteiger partial charge in [0, 0.05) is 18.3 Å². The third-order valence-corrected chi connectivity index (χ3v) is 3.62. The largest absolute Gasteiger partial charge is 0.342 e. The number of hydrogen-bond donors (Lipinski definition) is 2. The molecule has 0 spiro atoms. The summed E-state index contributed by atoms with van der Waals surface area (Å²) in [6, 6.07) is 0. The van der Waals surface area contributed by atoms with Gasteiger partial charge in [-0.15, -0.1) is 0 Å². The van der Waals surface area contributed by atoms with Gasteiger partial charge in [0.2, 0.25) is 0 Å². The molecule has 3 rings (SSSR count). The highest BCUT2D eigenvalue weighted by Gasteiger charge is 2.29. The minimum Gasteiger partial charge on any atom is -0.342 e. The van der Waals surface area contributed by atoms with Crippen LogP contribution in [-0.4, -0.2) is 19.9 Å². The van der Waals surface area contributed by atoms with Gasteiger partial charge in [0.1, 0.15) is 3.57 Å². The molecular weight excluding hydrogens is 319 g/mol. The van der Waals surface area contributed by atoms with Crippen LogP contribution in [0.1, 0.15) is 24.5 Å². The number of H-pyrrole nitrogens is 2. The van der Waals surface area contributed by atoms with E-state index >= 15 is 0 Å². The van der Waals surface area contributed by atoms with Crippen molar-refractivity contribution in [3.05, 3.63) is 32.0 Å². The van der Waals surface area contributed by atoms with E-state index in [0.717, 1.165) is 18.5 Å². The summed E-state index contributed by atoms with van der Waals surface area (Å²) in [5.41, 5.74) is 0.833. The van der Waals surface area contributed by atoms with Crippen molar-refractivity contribution in [3.63, 3.8) is 0 Å². The summed E-state index contributed by atoms with van der Waals surface area (Å²) >= 11 is 2.06. The monoisotopic (exact) mass is 328 g/mol. The van der Waals surface area contributed by atoms with Crippen LogP contribution in [0.5, 0.6) is 0 Å². The lowest BCUT2D eigenvalue weighted by Crippen LogP contribution is -2.16. The van der Waals surface area contributed by atoms with Gasteiger partial charge in [-0.25, -0.2) is 9.97 Å². The summed E-state index contributed by atoms with van der Waals surface area (Å²) in [6.45, 7) is 0. The zero-order chi connectivity index (χ0) is 11.1. The van der Waals surface area contributed by atoms with Crippen LogP contribution in [0.15, 0.2) is 17.2 Å². The second-order valence-corrected chi connectivity index (χ2v) is 4.90. The molecule has 0 aromatic carbocycles. The average molecular weight is 328 g/mol. The summed E-state index contributed by atoms with van der Waals surface area (Å²) < 4.78 is 0.704. The molecule has 2 heterocycles. The van der Waals surface area contributed by atoms with Crippen molar-refractivity contribution >= 4 is 22.6 Å². The summed E-state index contributed by atoms with van der Waals surface area (Å²) in [7, 11) is 0. The number of aromatic amines is 2. The number of aromatic nitrogens is 4. The Morgan fingerprint density at radius 3 is 2.81 bits per heavy atom. The van der Waals surface area contributed by atoms with Gasteiger partial charge in [-0.3, -0.25) is 4.79 Å². The van der Waals surface area contributed by atoms with Crippen LogP contribution in [0.4, 0.5) is 0 Å². The molecule has 2 N–H and O–H groups in total. The zero-order valence-corrected chi connectivity index (χ0v) is 10.5. The normalized spacial score (nSPS) is 15.3. The van der Waals surface area contributed by atoms with E-state index in [1.54, 1.807) is 12.4 Å². The molecule has 0 unspecified atom stereocenters. The predicted octanol–water partition coefficient (Wildman–Crippen LogP) is 1.64. The highest BCUT2D eigenvalue weighted by molar-refractivity contribution is 14.1. The minimum absolute atomic E-state index is 0.0797. The second-order valence-electron chi connectivity index (χ2n) is 3.83. The van der Waals surface area contributed by atoms with Crippen molar-refractivity contribution in [2.24, 2.45) is 0 Å². The van der Waals surface area contributed by atoms with E-state index in [2.05, 4.69) is 42.5 Å². The Balaban J connectivity index is 2.17. The molecule has 2 aromatic rings. The fourth-order valence-electron chi connectivity index (χ4n) is 1.61. The van der Waals surface area contributed by atoms with Gasteiger partial charge in [-0.2, -0.15) is 0 Å². The number of nitrogens with one attached hydrogen (secondary N) is 2. The Labute approximate surface area is 105 Å². The van der Waals surface area contributed by atoms with Crippen LogP contribution in [0.3, 0.4) is 0 Å². The van der Waals surface area contributed by atoms with Crippen molar-refractivity contribution in [2.45, 2.75) is 18.8 Å². The average Bonchev–Trinajstić information content (AvgIpc) is 2.96. The standard InChI is InChI=1S/C10H9IN4O/c11-6-7(5-1-2-5)14-9(15-10(6)16)8-12-3-4-13-8/h3-5H,1-2H2,(H,12,13)(H,14,15,16). The van der Waals surface area contributed by atoms with Gasteiger partial charge < -0.3 is 9.97 Å². The molecule has 0 radical (unpaired) electrons. The first-order chi connectivity index (χ1) is 7.75. The molecule has 0 atom stereocenters. The lowest BCUT2D eigenvalue weighted by atomic mass is 10.3. The smallest absolute Gasteiger partial charge is 0.264 e. The Kier molecular flexibility index (Phi) is 2.31. The van der Waals surface area contributed by atoms with Crippen molar-refractivity contribution in [2.75, 3.05) is 0 Å². The van der Waals surface area contributed by atoms with E-state index < -0.39 is 0 Å². The van der Waals surface area contributed by atoms with Crippen LogP contribution in [-0.2, 0) is 0 Å². The van der Waals surface area contributed by atoms with Crippen LogP contribution >= 0.6 is 22.6 Å². The number of nitrogens with zero attached hydrogens (tertiary/aromatic N) is 2. The van der Waals surface area contributed by atoms with Gasteiger partial charge in [0.15, 0.2) is 11.6 Å². The first-order valence-electron chi connectivity index (χ1n) is 5.05. The maximum Gasteiger partial charge on any atom is 0.264 e. The van der Waals surface area contributed by atoms with E-state index in [0.29, 0.717) is 21.1 Å². The number of halogens is 1. The Bertz CT molecular complexity index is 571. The summed E-state index contributed by atoms with van der Waals surface area (Å²) in [6.07, 6.45) is 5.61. The maximum absolute atomic E-state index is 11.7. The molecular formula is C10H9IN4O. The molecule has 0 saturated heterocycles. The highest BCUT2D eigenvalue weighted by Crippen LogP contribution is 2.40. The van der Waals surface area contributed by atoms with Crippen molar-refractivity contribution < 1.29 is 0 Å². The van der Waals surface area contributed by atoms with Crippen LogP contribution in [0.25, 0.3) is 11.6 Å². The fraction of sp³-hybridized carbons (Fsp3) is 0.300. The first kappa shape index (κ1) is 10.0. The quantitative estimate of drug-likeness (QED) is 0.823. The molecule has 0 aliphatic heterocycles. The van der Waals surface area contributed by atoms with Crippen LogP contribution in [0, 0.1) is 3.57 Å². The topological polar surface area (TPSA) is 74.4 Å². The summed E-state index contributed by atoms with van der Waals surface area (Å²) in [5.74, 6) is 1.59. The first-order valence-corrected chi connectivity index (χ1v) is 6.13. The third kappa shape index (κ3) is 1.66. The molecule has 1 saturated carbocycles. The number of hydrogen-bond acceptors (Lipinski definition) is 3. The predicted molar refractivity (Wildman–Crippen MR) is 67.1 cm³/mol. The number of imidazole rings is 1. The minimum atomic E-state index is -0.0797. The molecule has 1 aliphatic carbocycles. The van der Waals surface area contributed by atoms with Gasteiger partial charge in [0.25, 0.3) is 5.56 Å². The van der Waals surface area contributed by atoms with Gasteiger partial charge >= 0.3 is 0 Å². The Morgan fingerprint density at radius 2 is 2.19 bits per heavy atom. The van der Waals surface area contributed by atoms with E-state index in [-0.39, 0.29) is 5.56 Å². The molecule has 0 bridgehead atoms. The lowest BCUT2D eigenvalue weighted by molar-refractivity contribution is 0.948. The maximum atomic E-state index is 11.7. The van der Waals surface area contributed by atoms with Crippen molar-refractivity contribution in [1.82, 2.24) is 19.9 Å². The van der Waals surface area contributed by atoms with Crippen molar-refractivity contribution in [1.29, 1.82) is 0 Å². The SMILES string of the molecule is O=c1[nH]c(-c2ncc[nH]2)nc(C2CC2)c1I. The zero-order valence-electron chi connectivity index (χ0n) is 8.33. The lowest BCUT2D eigenvalue weighted by Gasteiger charge is -2.03. The third-order valence-electron chi connectivity index (χ3n) is 2.57.